The van der Waals surface area contributed by atoms with Crippen molar-refractivity contribution in [3.8, 4) is 0 Å². The van der Waals surface area contributed by atoms with E-state index in [1.54, 1.807) is 0 Å². The quantitative estimate of drug-likeness (QED) is 0.510. The Morgan fingerprint density at radius 3 is 2.90 bits per heavy atom. The fourth-order valence-corrected chi connectivity index (χ4v) is 3.67. The molecule has 0 spiro atoms. The van der Waals surface area contributed by atoms with E-state index in [9.17, 15) is 0 Å². The van der Waals surface area contributed by atoms with Gasteiger partial charge in [-0.1, -0.05) is 12.8 Å². The van der Waals surface area contributed by atoms with Gasteiger partial charge < -0.3 is 9.30 Å². The van der Waals surface area contributed by atoms with Crippen LogP contribution in [0.4, 0.5) is 0 Å². The van der Waals surface area contributed by atoms with Gasteiger partial charge in [0.15, 0.2) is 0 Å². The van der Waals surface area contributed by atoms with Gasteiger partial charge in [-0.3, -0.25) is 0 Å². The molecule has 0 radical (unpaired) electrons. The lowest BCUT2D eigenvalue weighted by molar-refractivity contribution is 0.0531. The highest BCUT2D eigenvalue weighted by Gasteiger charge is 2.17. The Hall–Kier alpha value is -0.330. The van der Waals surface area contributed by atoms with Crippen LogP contribution in [-0.2, 0) is 11.3 Å². The molecule has 0 aliphatic heterocycles. The SMILES string of the molecule is CC(Cl)c1nc2cc(I)ccc2n1CCOC1CCCC1. The standard InChI is InChI=1S/C16H20ClIN2O/c1-11(17)16-19-14-10-12(18)6-7-15(14)20(16)8-9-21-13-4-2-3-5-13/h6-7,10-11,13H,2-5,8-9H2,1H3. The molecule has 3 nitrogen and oxygen atoms in total. The van der Waals surface area contributed by atoms with Crippen LogP contribution in [-0.4, -0.2) is 22.3 Å². The maximum atomic E-state index is 6.30. The topological polar surface area (TPSA) is 27.1 Å². The average molecular weight is 419 g/mol. The third-order valence-electron chi connectivity index (χ3n) is 4.07. The minimum atomic E-state index is -0.0958. The molecule has 1 atom stereocenters. The van der Waals surface area contributed by atoms with Crippen LogP contribution >= 0.6 is 34.2 Å². The fourth-order valence-electron chi connectivity index (χ4n) is 3.03. The van der Waals surface area contributed by atoms with Gasteiger partial charge in [0.05, 0.1) is 29.1 Å². The zero-order valence-electron chi connectivity index (χ0n) is 12.2. The highest BCUT2D eigenvalue weighted by atomic mass is 127. The number of hydrogen-bond acceptors (Lipinski definition) is 2. The van der Waals surface area contributed by atoms with E-state index in [0.29, 0.717) is 6.10 Å². The zero-order chi connectivity index (χ0) is 14.8. The number of imidazole rings is 1. The highest BCUT2D eigenvalue weighted by molar-refractivity contribution is 14.1. The van der Waals surface area contributed by atoms with Gasteiger partial charge in [0.2, 0.25) is 0 Å². The smallest absolute Gasteiger partial charge is 0.127 e. The van der Waals surface area contributed by atoms with Crippen molar-refractivity contribution in [1.29, 1.82) is 0 Å². The highest BCUT2D eigenvalue weighted by Crippen LogP contribution is 2.26. The summed E-state index contributed by atoms with van der Waals surface area (Å²) < 4.78 is 9.39. The summed E-state index contributed by atoms with van der Waals surface area (Å²) in [7, 11) is 0. The maximum absolute atomic E-state index is 6.30. The summed E-state index contributed by atoms with van der Waals surface area (Å²) in [5.41, 5.74) is 2.17. The second-order valence-corrected chi connectivity index (χ2v) is 7.55. The molecule has 1 saturated carbocycles. The fraction of sp³-hybridized carbons (Fsp3) is 0.562. The summed E-state index contributed by atoms with van der Waals surface area (Å²) in [6.07, 6.45) is 5.49. The molecule has 0 bridgehead atoms. The Bertz CT molecular complexity index is 620. The molecule has 0 N–H and O–H groups in total. The van der Waals surface area contributed by atoms with Gasteiger partial charge in [0, 0.05) is 10.1 Å². The Kier molecular flexibility index (Phi) is 5.07. The lowest BCUT2D eigenvalue weighted by Crippen LogP contribution is -2.14. The second-order valence-electron chi connectivity index (χ2n) is 5.65. The minimum absolute atomic E-state index is 0.0958. The van der Waals surface area contributed by atoms with Crippen molar-refractivity contribution in [1.82, 2.24) is 9.55 Å². The van der Waals surface area contributed by atoms with Crippen molar-refractivity contribution in [2.45, 2.75) is 50.6 Å². The van der Waals surface area contributed by atoms with E-state index < -0.39 is 0 Å². The van der Waals surface area contributed by atoms with Gasteiger partial charge >= 0.3 is 0 Å². The summed E-state index contributed by atoms with van der Waals surface area (Å²) in [4.78, 5) is 4.69. The van der Waals surface area contributed by atoms with E-state index in [-0.39, 0.29) is 5.38 Å². The van der Waals surface area contributed by atoms with Crippen LogP contribution in [0.5, 0.6) is 0 Å². The molecule has 114 valence electrons. The van der Waals surface area contributed by atoms with Crippen LogP contribution in [0.2, 0.25) is 0 Å². The monoisotopic (exact) mass is 418 g/mol. The Labute approximate surface area is 144 Å². The van der Waals surface area contributed by atoms with Crippen molar-refractivity contribution in [2.24, 2.45) is 0 Å². The van der Waals surface area contributed by atoms with Crippen molar-refractivity contribution < 1.29 is 4.74 Å². The number of rotatable bonds is 5. The number of aromatic nitrogens is 2. The molecule has 0 saturated heterocycles. The molecule has 3 rings (SSSR count). The lowest BCUT2D eigenvalue weighted by Gasteiger charge is -2.14. The van der Waals surface area contributed by atoms with Crippen LogP contribution in [0.1, 0.15) is 43.8 Å². The van der Waals surface area contributed by atoms with Gasteiger partial charge in [-0.2, -0.15) is 0 Å². The first-order chi connectivity index (χ1) is 10.1. The third-order valence-corrected chi connectivity index (χ3v) is 4.93. The first-order valence-electron chi connectivity index (χ1n) is 7.56. The molecule has 1 aliphatic carbocycles. The van der Waals surface area contributed by atoms with E-state index in [2.05, 4.69) is 45.4 Å². The van der Waals surface area contributed by atoms with E-state index in [0.717, 1.165) is 30.0 Å². The van der Waals surface area contributed by atoms with E-state index >= 15 is 0 Å². The van der Waals surface area contributed by atoms with Crippen LogP contribution in [0.3, 0.4) is 0 Å². The van der Waals surface area contributed by atoms with Crippen molar-refractivity contribution >= 4 is 45.2 Å². The Morgan fingerprint density at radius 2 is 2.19 bits per heavy atom. The van der Waals surface area contributed by atoms with Gasteiger partial charge in [-0.15, -0.1) is 11.6 Å². The largest absolute Gasteiger partial charge is 0.376 e. The molecule has 1 unspecified atom stereocenters. The summed E-state index contributed by atoms with van der Waals surface area (Å²) in [6.45, 7) is 3.53. The lowest BCUT2D eigenvalue weighted by atomic mass is 10.3. The van der Waals surface area contributed by atoms with Gasteiger partial charge in [-0.05, 0) is 60.6 Å². The van der Waals surface area contributed by atoms with Crippen molar-refractivity contribution in [2.75, 3.05) is 6.61 Å². The molecular weight excluding hydrogens is 399 g/mol. The van der Waals surface area contributed by atoms with Crippen molar-refractivity contribution in [3.05, 3.63) is 27.6 Å². The zero-order valence-corrected chi connectivity index (χ0v) is 15.1. The average Bonchev–Trinajstić information content (AvgIpc) is 3.06. The molecule has 1 fully saturated rings. The number of fused-ring (bicyclic) bond motifs is 1. The number of nitrogens with zero attached hydrogens (tertiary/aromatic N) is 2. The molecular formula is C16H20ClIN2O. The summed E-state index contributed by atoms with van der Waals surface area (Å²) in [5, 5.41) is -0.0958. The predicted octanol–water partition coefficient (Wildman–Crippen LogP) is 4.90. The Balaban J connectivity index is 1.79. The van der Waals surface area contributed by atoms with Crippen LogP contribution < -0.4 is 0 Å². The molecule has 1 aromatic carbocycles. The van der Waals surface area contributed by atoms with Crippen LogP contribution in [0, 0.1) is 3.57 Å². The molecule has 1 heterocycles. The first-order valence-corrected chi connectivity index (χ1v) is 9.08. The predicted molar refractivity (Wildman–Crippen MR) is 94.9 cm³/mol. The number of ether oxygens (including phenoxy) is 1. The van der Waals surface area contributed by atoms with E-state index in [1.165, 1.54) is 29.3 Å². The summed E-state index contributed by atoms with van der Waals surface area (Å²) in [6, 6.07) is 6.34. The molecule has 1 aliphatic rings. The molecule has 2 aromatic rings. The number of benzene rings is 1. The number of hydrogen-bond donors (Lipinski definition) is 0. The van der Waals surface area contributed by atoms with Crippen molar-refractivity contribution in [3.63, 3.8) is 0 Å². The van der Waals surface area contributed by atoms with Crippen LogP contribution in [0.15, 0.2) is 18.2 Å². The van der Waals surface area contributed by atoms with E-state index in [4.69, 9.17) is 21.3 Å². The molecule has 0 amide bonds. The van der Waals surface area contributed by atoms with Gasteiger partial charge in [0.25, 0.3) is 0 Å². The van der Waals surface area contributed by atoms with Gasteiger partial charge in [-0.25, -0.2) is 4.98 Å². The molecule has 1 aromatic heterocycles. The van der Waals surface area contributed by atoms with Gasteiger partial charge in [0.1, 0.15) is 5.82 Å². The normalized spacial score (nSPS) is 17.7. The summed E-state index contributed by atoms with van der Waals surface area (Å²) in [5.74, 6) is 0.934. The maximum Gasteiger partial charge on any atom is 0.127 e. The minimum Gasteiger partial charge on any atom is -0.376 e. The Morgan fingerprint density at radius 1 is 1.43 bits per heavy atom. The van der Waals surface area contributed by atoms with Crippen LogP contribution in [0.25, 0.3) is 11.0 Å². The second kappa shape index (κ2) is 6.84. The number of alkyl halides is 1. The third kappa shape index (κ3) is 3.54. The number of halogens is 2. The molecule has 5 heteroatoms. The first kappa shape index (κ1) is 15.6. The molecule has 21 heavy (non-hydrogen) atoms. The van der Waals surface area contributed by atoms with E-state index in [1.807, 2.05) is 6.92 Å². The summed E-state index contributed by atoms with van der Waals surface area (Å²) >= 11 is 8.61.